The molecule has 0 atom stereocenters. The number of carbonyl (C=O) groups excluding carboxylic acids is 1. The van der Waals surface area contributed by atoms with Crippen molar-refractivity contribution >= 4 is 11.6 Å². The normalized spacial score (nSPS) is 9.83. The molecule has 0 bridgehead atoms. The van der Waals surface area contributed by atoms with Gasteiger partial charge in [0, 0.05) is 14.0 Å². The van der Waals surface area contributed by atoms with Gasteiger partial charge in [0.25, 0.3) is 0 Å². The molecule has 0 saturated carbocycles. The van der Waals surface area contributed by atoms with E-state index in [1.807, 2.05) is 0 Å². The van der Waals surface area contributed by atoms with E-state index in [0.29, 0.717) is 12.4 Å². The maximum absolute atomic E-state index is 10.6. The first-order valence-corrected chi connectivity index (χ1v) is 3.51. The number of hydrogen-bond acceptors (Lipinski definition) is 3. The summed E-state index contributed by atoms with van der Waals surface area (Å²) < 4.78 is 6.42. The van der Waals surface area contributed by atoms with Crippen LogP contribution >= 0.6 is 0 Å². The summed E-state index contributed by atoms with van der Waals surface area (Å²) in [5, 5.41) is 6.54. The van der Waals surface area contributed by atoms with Crippen LogP contribution in [0.15, 0.2) is 12.4 Å². The van der Waals surface area contributed by atoms with Gasteiger partial charge in [-0.25, -0.2) is 4.68 Å². The Bertz CT molecular complexity index is 269. The van der Waals surface area contributed by atoms with Gasteiger partial charge in [-0.05, 0) is 0 Å². The summed E-state index contributed by atoms with van der Waals surface area (Å²) in [4.78, 5) is 10.6. The Morgan fingerprint density at radius 2 is 2.58 bits per heavy atom. The van der Waals surface area contributed by atoms with Gasteiger partial charge < -0.3 is 10.1 Å². The molecule has 0 fully saturated rings. The maximum Gasteiger partial charge on any atom is 0.221 e. The SMILES string of the molecule is COCn1cc(NC(C)=O)cn1. The van der Waals surface area contributed by atoms with E-state index in [1.165, 1.54) is 6.92 Å². The number of anilines is 1. The standard InChI is InChI=1S/C7H11N3O2/c1-6(11)9-7-3-8-10(4-7)5-12-2/h3-4H,5H2,1-2H3,(H,9,11). The number of methoxy groups -OCH3 is 1. The van der Waals surface area contributed by atoms with Crippen molar-refractivity contribution in [2.75, 3.05) is 12.4 Å². The number of nitrogens with zero attached hydrogens (tertiary/aromatic N) is 2. The first kappa shape index (κ1) is 8.73. The van der Waals surface area contributed by atoms with Gasteiger partial charge in [-0.15, -0.1) is 0 Å². The van der Waals surface area contributed by atoms with E-state index in [2.05, 4.69) is 10.4 Å². The van der Waals surface area contributed by atoms with E-state index in [1.54, 1.807) is 24.2 Å². The minimum absolute atomic E-state index is 0.105. The zero-order chi connectivity index (χ0) is 8.97. The molecule has 1 rings (SSSR count). The molecule has 5 heteroatoms. The third kappa shape index (κ3) is 2.35. The number of amides is 1. The summed E-state index contributed by atoms with van der Waals surface area (Å²) in [5.41, 5.74) is 0.680. The first-order valence-electron chi connectivity index (χ1n) is 3.51. The fourth-order valence-electron chi connectivity index (χ4n) is 0.834. The molecule has 0 radical (unpaired) electrons. The zero-order valence-electron chi connectivity index (χ0n) is 7.07. The summed E-state index contributed by atoms with van der Waals surface area (Å²) in [6.07, 6.45) is 3.27. The lowest BCUT2D eigenvalue weighted by atomic mass is 10.5. The van der Waals surface area contributed by atoms with Gasteiger partial charge in [0.1, 0.15) is 6.73 Å². The zero-order valence-corrected chi connectivity index (χ0v) is 7.07. The molecule has 0 spiro atoms. The molecule has 5 nitrogen and oxygen atoms in total. The molecule has 0 aliphatic rings. The monoisotopic (exact) mass is 169 g/mol. The molecular weight excluding hydrogens is 158 g/mol. The molecule has 0 aliphatic heterocycles. The summed E-state index contributed by atoms with van der Waals surface area (Å²) in [6, 6.07) is 0. The Morgan fingerprint density at radius 1 is 1.83 bits per heavy atom. The van der Waals surface area contributed by atoms with E-state index in [9.17, 15) is 4.79 Å². The topological polar surface area (TPSA) is 56.1 Å². The number of carbonyl (C=O) groups is 1. The number of rotatable bonds is 3. The van der Waals surface area contributed by atoms with Crippen LogP contribution in [0.25, 0.3) is 0 Å². The average molecular weight is 169 g/mol. The molecular formula is C7H11N3O2. The lowest BCUT2D eigenvalue weighted by molar-refractivity contribution is -0.114. The van der Waals surface area contributed by atoms with Crippen LogP contribution in [0.5, 0.6) is 0 Å². The molecule has 0 saturated heterocycles. The molecule has 1 amide bonds. The van der Waals surface area contributed by atoms with Crippen LogP contribution in [0.2, 0.25) is 0 Å². The largest absolute Gasteiger partial charge is 0.362 e. The van der Waals surface area contributed by atoms with Crippen LogP contribution in [-0.2, 0) is 16.3 Å². The quantitative estimate of drug-likeness (QED) is 0.714. The third-order valence-corrected chi connectivity index (χ3v) is 1.21. The predicted molar refractivity (Wildman–Crippen MR) is 43.5 cm³/mol. The van der Waals surface area contributed by atoms with E-state index >= 15 is 0 Å². The van der Waals surface area contributed by atoms with Crippen molar-refractivity contribution in [3.05, 3.63) is 12.4 Å². The first-order chi connectivity index (χ1) is 5.72. The minimum atomic E-state index is -0.105. The molecule has 1 heterocycles. The van der Waals surface area contributed by atoms with Gasteiger partial charge in [-0.2, -0.15) is 5.10 Å². The van der Waals surface area contributed by atoms with Crippen molar-refractivity contribution in [2.45, 2.75) is 13.7 Å². The second-order valence-electron chi connectivity index (χ2n) is 2.37. The molecule has 1 N–H and O–H groups in total. The molecule has 0 aromatic carbocycles. The highest BCUT2D eigenvalue weighted by atomic mass is 16.5. The maximum atomic E-state index is 10.6. The van der Waals surface area contributed by atoms with Gasteiger partial charge >= 0.3 is 0 Å². The van der Waals surface area contributed by atoms with Crippen LogP contribution < -0.4 is 5.32 Å². The lowest BCUT2D eigenvalue weighted by Gasteiger charge is -1.96. The van der Waals surface area contributed by atoms with Crippen molar-refractivity contribution in [2.24, 2.45) is 0 Å². The van der Waals surface area contributed by atoms with Gasteiger partial charge in [0.2, 0.25) is 5.91 Å². The van der Waals surface area contributed by atoms with Crippen molar-refractivity contribution < 1.29 is 9.53 Å². The van der Waals surface area contributed by atoms with Crippen LogP contribution in [-0.4, -0.2) is 22.8 Å². The number of nitrogens with one attached hydrogen (secondary N) is 1. The molecule has 12 heavy (non-hydrogen) atoms. The molecule has 66 valence electrons. The summed E-state index contributed by atoms with van der Waals surface area (Å²) in [6.45, 7) is 1.84. The van der Waals surface area contributed by atoms with Gasteiger partial charge in [-0.3, -0.25) is 4.79 Å². The molecule has 0 aliphatic carbocycles. The highest BCUT2D eigenvalue weighted by molar-refractivity contribution is 5.88. The third-order valence-electron chi connectivity index (χ3n) is 1.21. The summed E-state index contributed by atoms with van der Waals surface area (Å²) in [5.74, 6) is -0.105. The summed E-state index contributed by atoms with van der Waals surface area (Å²) >= 11 is 0. The Hall–Kier alpha value is -1.36. The average Bonchev–Trinajstić information content (AvgIpc) is 2.36. The number of ether oxygens (including phenoxy) is 1. The van der Waals surface area contributed by atoms with Gasteiger partial charge in [0.05, 0.1) is 18.1 Å². The predicted octanol–water partition coefficient (Wildman–Crippen LogP) is 0.445. The van der Waals surface area contributed by atoms with Crippen LogP contribution in [0.1, 0.15) is 6.92 Å². The minimum Gasteiger partial charge on any atom is -0.362 e. The van der Waals surface area contributed by atoms with E-state index in [4.69, 9.17) is 4.74 Å². The van der Waals surface area contributed by atoms with Crippen LogP contribution in [0.3, 0.4) is 0 Å². The molecule has 0 unspecified atom stereocenters. The lowest BCUT2D eigenvalue weighted by Crippen LogP contribution is -2.05. The second-order valence-corrected chi connectivity index (χ2v) is 2.37. The Kier molecular flexibility index (Phi) is 2.82. The second kappa shape index (κ2) is 3.87. The number of hydrogen-bond donors (Lipinski definition) is 1. The van der Waals surface area contributed by atoms with Crippen LogP contribution in [0, 0.1) is 0 Å². The van der Waals surface area contributed by atoms with Crippen molar-refractivity contribution in [1.29, 1.82) is 0 Å². The fraction of sp³-hybridized carbons (Fsp3) is 0.429. The molecule has 1 aromatic heterocycles. The number of aromatic nitrogens is 2. The van der Waals surface area contributed by atoms with E-state index in [-0.39, 0.29) is 5.91 Å². The van der Waals surface area contributed by atoms with Gasteiger partial charge in [0.15, 0.2) is 0 Å². The Morgan fingerprint density at radius 3 is 3.17 bits per heavy atom. The van der Waals surface area contributed by atoms with Crippen molar-refractivity contribution in [3.8, 4) is 0 Å². The highest BCUT2D eigenvalue weighted by Gasteiger charge is 1.98. The van der Waals surface area contributed by atoms with E-state index in [0.717, 1.165) is 0 Å². The van der Waals surface area contributed by atoms with Crippen LogP contribution in [0.4, 0.5) is 5.69 Å². The molecule has 1 aromatic rings. The smallest absolute Gasteiger partial charge is 0.221 e. The van der Waals surface area contributed by atoms with Gasteiger partial charge in [-0.1, -0.05) is 0 Å². The Balaban J connectivity index is 2.58. The summed E-state index contributed by atoms with van der Waals surface area (Å²) in [7, 11) is 1.58. The highest BCUT2D eigenvalue weighted by Crippen LogP contribution is 2.03. The fourth-order valence-corrected chi connectivity index (χ4v) is 0.834. The van der Waals surface area contributed by atoms with E-state index < -0.39 is 0 Å². The van der Waals surface area contributed by atoms with Crippen molar-refractivity contribution in [1.82, 2.24) is 9.78 Å². The Labute approximate surface area is 70.3 Å². The van der Waals surface area contributed by atoms with Crippen molar-refractivity contribution in [3.63, 3.8) is 0 Å².